The summed E-state index contributed by atoms with van der Waals surface area (Å²) in [6.45, 7) is 3.27. The van der Waals surface area contributed by atoms with Gasteiger partial charge in [-0.15, -0.1) is 0 Å². The van der Waals surface area contributed by atoms with Gasteiger partial charge in [-0.3, -0.25) is 4.98 Å². The van der Waals surface area contributed by atoms with E-state index in [1.165, 1.54) is 0 Å². The number of hydrogen-bond donors (Lipinski definition) is 1. The van der Waals surface area contributed by atoms with Crippen molar-refractivity contribution in [2.45, 2.75) is 20.1 Å². The fourth-order valence-electron chi connectivity index (χ4n) is 1.89. The van der Waals surface area contributed by atoms with E-state index in [4.69, 9.17) is 9.47 Å². The van der Waals surface area contributed by atoms with Crippen LogP contribution in [0.4, 0.5) is 0 Å². The molecule has 2 aromatic rings. The topological polar surface area (TPSA) is 43.4 Å². The van der Waals surface area contributed by atoms with Crippen molar-refractivity contribution in [3.8, 4) is 11.5 Å². The third-order valence-corrected chi connectivity index (χ3v) is 2.96. The zero-order valence-electron chi connectivity index (χ0n) is 12.1. The summed E-state index contributed by atoms with van der Waals surface area (Å²) in [4.78, 5) is 4.38. The number of nitrogens with one attached hydrogen (secondary N) is 1. The SMILES string of the molecule is CNCc1ccc(COc2ccc(C)cc2OC)nc1. The van der Waals surface area contributed by atoms with Crippen molar-refractivity contribution in [3.63, 3.8) is 0 Å². The van der Waals surface area contributed by atoms with Crippen LogP contribution in [0.3, 0.4) is 0 Å². The van der Waals surface area contributed by atoms with Crippen molar-refractivity contribution in [1.82, 2.24) is 10.3 Å². The number of benzene rings is 1. The molecule has 0 aliphatic rings. The van der Waals surface area contributed by atoms with E-state index in [1.807, 2.05) is 44.4 Å². The van der Waals surface area contributed by atoms with E-state index in [9.17, 15) is 0 Å². The van der Waals surface area contributed by atoms with Crippen molar-refractivity contribution in [2.24, 2.45) is 0 Å². The lowest BCUT2D eigenvalue weighted by Crippen LogP contribution is -2.06. The normalized spacial score (nSPS) is 10.3. The Labute approximate surface area is 119 Å². The molecule has 0 aliphatic carbocycles. The highest BCUT2D eigenvalue weighted by Gasteiger charge is 2.05. The summed E-state index contributed by atoms with van der Waals surface area (Å²) >= 11 is 0. The Hall–Kier alpha value is -2.07. The van der Waals surface area contributed by atoms with E-state index in [0.717, 1.165) is 34.9 Å². The van der Waals surface area contributed by atoms with Gasteiger partial charge in [-0.1, -0.05) is 12.1 Å². The van der Waals surface area contributed by atoms with E-state index < -0.39 is 0 Å². The molecule has 0 aliphatic heterocycles. The van der Waals surface area contributed by atoms with Gasteiger partial charge in [0, 0.05) is 12.7 Å². The molecule has 2 rings (SSSR count). The Morgan fingerprint density at radius 2 is 2.00 bits per heavy atom. The van der Waals surface area contributed by atoms with Crippen molar-refractivity contribution in [2.75, 3.05) is 14.2 Å². The molecule has 0 radical (unpaired) electrons. The fraction of sp³-hybridized carbons (Fsp3) is 0.312. The maximum absolute atomic E-state index is 5.77. The van der Waals surface area contributed by atoms with Crippen LogP contribution in [0.25, 0.3) is 0 Å². The summed E-state index contributed by atoms with van der Waals surface area (Å²) in [5.74, 6) is 1.48. The number of methoxy groups -OCH3 is 1. The second-order valence-electron chi connectivity index (χ2n) is 4.63. The van der Waals surface area contributed by atoms with Gasteiger partial charge in [-0.05, 0) is 43.3 Å². The Balaban J connectivity index is 2.01. The molecule has 0 bridgehead atoms. The summed E-state index contributed by atoms with van der Waals surface area (Å²) < 4.78 is 11.1. The summed E-state index contributed by atoms with van der Waals surface area (Å²) in [5.41, 5.74) is 3.19. The molecule has 4 nitrogen and oxygen atoms in total. The molecule has 0 saturated heterocycles. The molecule has 1 heterocycles. The van der Waals surface area contributed by atoms with Crippen molar-refractivity contribution >= 4 is 0 Å². The maximum Gasteiger partial charge on any atom is 0.161 e. The van der Waals surface area contributed by atoms with Crippen LogP contribution in [0.2, 0.25) is 0 Å². The minimum Gasteiger partial charge on any atom is -0.493 e. The third kappa shape index (κ3) is 3.71. The van der Waals surface area contributed by atoms with Crippen LogP contribution in [0.15, 0.2) is 36.5 Å². The standard InChI is InChI=1S/C16H20N2O2/c1-12-4-7-15(16(8-12)19-3)20-11-14-6-5-13(9-17-2)10-18-14/h4-8,10,17H,9,11H2,1-3H3. The van der Waals surface area contributed by atoms with Gasteiger partial charge in [0.1, 0.15) is 6.61 Å². The number of nitrogens with zero attached hydrogens (tertiary/aromatic N) is 1. The van der Waals surface area contributed by atoms with E-state index >= 15 is 0 Å². The molecule has 106 valence electrons. The second-order valence-corrected chi connectivity index (χ2v) is 4.63. The van der Waals surface area contributed by atoms with Crippen LogP contribution in [0, 0.1) is 6.92 Å². The molecule has 20 heavy (non-hydrogen) atoms. The molecule has 1 N–H and O–H groups in total. The molecular weight excluding hydrogens is 252 g/mol. The summed E-state index contributed by atoms with van der Waals surface area (Å²) in [5, 5.41) is 3.09. The quantitative estimate of drug-likeness (QED) is 0.878. The van der Waals surface area contributed by atoms with Crippen LogP contribution < -0.4 is 14.8 Å². The number of aromatic nitrogens is 1. The molecule has 0 atom stereocenters. The fourth-order valence-corrected chi connectivity index (χ4v) is 1.89. The zero-order valence-corrected chi connectivity index (χ0v) is 12.1. The Kier molecular flexibility index (Phi) is 4.96. The van der Waals surface area contributed by atoms with Crippen LogP contribution in [0.1, 0.15) is 16.8 Å². The third-order valence-electron chi connectivity index (χ3n) is 2.96. The molecule has 0 spiro atoms. The zero-order chi connectivity index (χ0) is 14.4. The average molecular weight is 272 g/mol. The Morgan fingerprint density at radius 3 is 2.65 bits per heavy atom. The number of aryl methyl sites for hydroxylation is 1. The number of hydrogen-bond acceptors (Lipinski definition) is 4. The first-order valence-electron chi connectivity index (χ1n) is 6.59. The number of rotatable bonds is 6. The highest BCUT2D eigenvalue weighted by Crippen LogP contribution is 2.28. The van der Waals surface area contributed by atoms with Gasteiger partial charge in [0.15, 0.2) is 11.5 Å². The number of pyridine rings is 1. The van der Waals surface area contributed by atoms with Crippen molar-refractivity contribution in [3.05, 3.63) is 53.3 Å². The van der Waals surface area contributed by atoms with E-state index in [2.05, 4.69) is 16.4 Å². The van der Waals surface area contributed by atoms with Gasteiger partial charge in [0.25, 0.3) is 0 Å². The molecule has 1 aromatic heterocycles. The van der Waals surface area contributed by atoms with Crippen molar-refractivity contribution in [1.29, 1.82) is 0 Å². The van der Waals surface area contributed by atoms with Gasteiger partial charge in [-0.25, -0.2) is 0 Å². The smallest absolute Gasteiger partial charge is 0.161 e. The van der Waals surface area contributed by atoms with E-state index in [1.54, 1.807) is 7.11 Å². The van der Waals surface area contributed by atoms with Gasteiger partial charge in [0.05, 0.1) is 12.8 Å². The van der Waals surface area contributed by atoms with Gasteiger partial charge >= 0.3 is 0 Å². The second kappa shape index (κ2) is 6.91. The Morgan fingerprint density at radius 1 is 1.15 bits per heavy atom. The lowest BCUT2D eigenvalue weighted by molar-refractivity contribution is 0.280. The highest BCUT2D eigenvalue weighted by molar-refractivity contribution is 5.42. The molecule has 0 saturated carbocycles. The lowest BCUT2D eigenvalue weighted by atomic mass is 10.2. The minimum atomic E-state index is 0.430. The van der Waals surface area contributed by atoms with Crippen LogP contribution in [0.5, 0.6) is 11.5 Å². The van der Waals surface area contributed by atoms with Crippen LogP contribution >= 0.6 is 0 Å². The largest absolute Gasteiger partial charge is 0.493 e. The summed E-state index contributed by atoms with van der Waals surface area (Å²) in [7, 11) is 3.56. The van der Waals surface area contributed by atoms with Gasteiger partial charge in [0.2, 0.25) is 0 Å². The van der Waals surface area contributed by atoms with Gasteiger partial charge < -0.3 is 14.8 Å². The minimum absolute atomic E-state index is 0.430. The average Bonchev–Trinajstić information content (AvgIpc) is 2.47. The molecule has 0 unspecified atom stereocenters. The predicted molar refractivity (Wildman–Crippen MR) is 79.1 cm³/mol. The predicted octanol–water partition coefficient (Wildman–Crippen LogP) is 2.70. The Bertz CT molecular complexity index is 553. The molecular formula is C16H20N2O2. The molecule has 0 amide bonds. The van der Waals surface area contributed by atoms with Gasteiger partial charge in [-0.2, -0.15) is 0 Å². The van der Waals surface area contributed by atoms with E-state index in [0.29, 0.717) is 6.61 Å². The first-order chi connectivity index (χ1) is 9.72. The molecule has 4 heteroatoms. The molecule has 1 aromatic carbocycles. The highest BCUT2D eigenvalue weighted by atomic mass is 16.5. The van der Waals surface area contributed by atoms with Crippen LogP contribution in [-0.2, 0) is 13.2 Å². The monoisotopic (exact) mass is 272 g/mol. The number of ether oxygens (including phenoxy) is 2. The first-order valence-corrected chi connectivity index (χ1v) is 6.59. The molecule has 0 fully saturated rings. The maximum atomic E-state index is 5.77. The summed E-state index contributed by atoms with van der Waals surface area (Å²) in [6.07, 6.45) is 1.86. The van der Waals surface area contributed by atoms with Crippen molar-refractivity contribution < 1.29 is 9.47 Å². The first kappa shape index (κ1) is 14.3. The summed E-state index contributed by atoms with van der Waals surface area (Å²) in [6, 6.07) is 9.91. The van der Waals surface area contributed by atoms with E-state index in [-0.39, 0.29) is 0 Å². The lowest BCUT2D eigenvalue weighted by Gasteiger charge is -2.11. The van der Waals surface area contributed by atoms with Crippen LogP contribution in [-0.4, -0.2) is 19.1 Å².